The van der Waals surface area contributed by atoms with Gasteiger partial charge >= 0.3 is 0 Å². The van der Waals surface area contributed by atoms with E-state index in [2.05, 4.69) is 0 Å². The van der Waals surface area contributed by atoms with Crippen molar-refractivity contribution in [1.82, 2.24) is 0 Å². The van der Waals surface area contributed by atoms with Crippen molar-refractivity contribution in [3.8, 4) is 17.2 Å². The average Bonchev–Trinajstić information content (AvgIpc) is 2.39. The second-order valence-electron chi connectivity index (χ2n) is 3.66. The van der Waals surface area contributed by atoms with E-state index in [-0.39, 0.29) is 5.56 Å². The van der Waals surface area contributed by atoms with Crippen LogP contribution in [-0.2, 0) is 0 Å². The zero-order chi connectivity index (χ0) is 13.1. The molecule has 2 aromatic rings. The lowest BCUT2D eigenvalue weighted by molar-refractivity contribution is 0.112. The maximum absolute atomic E-state index is 13.5. The minimum Gasteiger partial charge on any atom is -0.298 e. The fourth-order valence-electron chi connectivity index (χ4n) is 1.61. The molecule has 2 rings (SSSR count). The zero-order valence-electron chi connectivity index (χ0n) is 9.15. The van der Waals surface area contributed by atoms with Gasteiger partial charge in [0.15, 0.2) is 0 Å². The molecule has 0 atom stereocenters. The van der Waals surface area contributed by atoms with Crippen molar-refractivity contribution in [3.05, 3.63) is 58.4 Å². The molecule has 2 nitrogen and oxygen atoms in total. The Bertz CT molecular complexity index is 661. The van der Waals surface area contributed by atoms with Gasteiger partial charge in [-0.25, -0.2) is 4.39 Å². The summed E-state index contributed by atoms with van der Waals surface area (Å²) in [7, 11) is 0. The highest BCUT2D eigenvalue weighted by Gasteiger charge is 2.08. The number of halogens is 2. The molecule has 0 aromatic heterocycles. The van der Waals surface area contributed by atoms with Crippen LogP contribution >= 0.6 is 11.6 Å². The van der Waals surface area contributed by atoms with Crippen molar-refractivity contribution < 1.29 is 9.18 Å². The standard InChI is InChI=1S/C14H7ClFNO/c15-13-4-1-9(8-18)5-12(13)10-2-3-11(7-17)14(16)6-10/h1-6,8H. The molecule has 2 aromatic carbocycles. The summed E-state index contributed by atoms with van der Waals surface area (Å²) in [5, 5.41) is 9.08. The number of nitriles is 1. The molecule has 0 N–H and O–H groups in total. The summed E-state index contributed by atoms with van der Waals surface area (Å²) in [5.41, 5.74) is 1.52. The average molecular weight is 260 g/mol. The molecule has 0 spiro atoms. The highest BCUT2D eigenvalue weighted by Crippen LogP contribution is 2.29. The van der Waals surface area contributed by atoms with Crippen LogP contribution < -0.4 is 0 Å². The predicted molar refractivity (Wildman–Crippen MR) is 66.9 cm³/mol. The van der Waals surface area contributed by atoms with Gasteiger partial charge in [0.25, 0.3) is 0 Å². The van der Waals surface area contributed by atoms with Gasteiger partial charge < -0.3 is 0 Å². The summed E-state index contributed by atoms with van der Waals surface area (Å²) < 4.78 is 13.5. The molecule has 0 bridgehead atoms. The smallest absolute Gasteiger partial charge is 0.150 e. The van der Waals surface area contributed by atoms with Gasteiger partial charge in [0.1, 0.15) is 18.2 Å². The highest BCUT2D eigenvalue weighted by molar-refractivity contribution is 6.33. The second kappa shape index (κ2) is 4.99. The Morgan fingerprint density at radius 3 is 2.61 bits per heavy atom. The summed E-state index contributed by atoms with van der Waals surface area (Å²) in [6, 6.07) is 10.7. The monoisotopic (exact) mass is 259 g/mol. The molecular weight excluding hydrogens is 253 g/mol. The van der Waals surface area contributed by atoms with Gasteiger partial charge in [-0.2, -0.15) is 5.26 Å². The number of rotatable bonds is 2. The molecular formula is C14H7ClFNO. The number of aldehydes is 1. The first-order valence-corrected chi connectivity index (χ1v) is 5.48. The highest BCUT2D eigenvalue weighted by atomic mass is 35.5. The molecule has 0 aliphatic carbocycles. The second-order valence-corrected chi connectivity index (χ2v) is 4.07. The molecule has 0 aliphatic rings. The van der Waals surface area contributed by atoms with Crippen molar-refractivity contribution in [2.24, 2.45) is 0 Å². The SMILES string of the molecule is N#Cc1ccc(-c2cc(C=O)ccc2Cl)cc1F. The minimum atomic E-state index is -0.609. The first-order valence-electron chi connectivity index (χ1n) is 5.10. The van der Waals surface area contributed by atoms with Crippen LogP contribution in [0.25, 0.3) is 11.1 Å². The van der Waals surface area contributed by atoms with Gasteiger partial charge in [-0.05, 0) is 29.8 Å². The fourth-order valence-corrected chi connectivity index (χ4v) is 1.84. The molecule has 0 radical (unpaired) electrons. The van der Waals surface area contributed by atoms with Gasteiger partial charge in [0.2, 0.25) is 0 Å². The topological polar surface area (TPSA) is 40.9 Å². The van der Waals surface area contributed by atoms with Crippen LogP contribution in [0.3, 0.4) is 0 Å². The van der Waals surface area contributed by atoms with E-state index < -0.39 is 5.82 Å². The van der Waals surface area contributed by atoms with Crippen molar-refractivity contribution >= 4 is 17.9 Å². The molecule has 0 aliphatic heterocycles. The van der Waals surface area contributed by atoms with Crippen molar-refractivity contribution in [2.75, 3.05) is 0 Å². The van der Waals surface area contributed by atoms with E-state index >= 15 is 0 Å². The first-order chi connectivity index (χ1) is 8.65. The number of hydrogen-bond acceptors (Lipinski definition) is 2. The van der Waals surface area contributed by atoms with Crippen LogP contribution in [0.15, 0.2) is 36.4 Å². The summed E-state index contributed by atoms with van der Waals surface area (Å²) in [5.74, 6) is -0.609. The summed E-state index contributed by atoms with van der Waals surface area (Å²) in [6.45, 7) is 0. The number of carbonyl (C=O) groups is 1. The van der Waals surface area contributed by atoms with E-state index in [4.69, 9.17) is 16.9 Å². The van der Waals surface area contributed by atoms with Gasteiger partial charge in [0.05, 0.1) is 5.56 Å². The van der Waals surface area contributed by atoms with Gasteiger partial charge in [0, 0.05) is 16.1 Å². The fraction of sp³-hybridized carbons (Fsp3) is 0. The van der Waals surface area contributed by atoms with Crippen LogP contribution in [-0.4, -0.2) is 6.29 Å². The summed E-state index contributed by atoms with van der Waals surface area (Å²) in [4.78, 5) is 10.7. The quantitative estimate of drug-likeness (QED) is 0.769. The predicted octanol–water partition coefficient (Wildman–Crippen LogP) is 3.83. The van der Waals surface area contributed by atoms with E-state index in [1.807, 2.05) is 0 Å². The molecule has 0 unspecified atom stereocenters. The van der Waals surface area contributed by atoms with E-state index in [9.17, 15) is 9.18 Å². The molecule has 4 heteroatoms. The van der Waals surface area contributed by atoms with E-state index in [0.29, 0.717) is 28.0 Å². The van der Waals surface area contributed by atoms with Crippen LogP contribution in [0.1, 0.15) is 15.9 Å². The van der Waals surface area contributed by atoms with Crippen molar-refractivity contribution in [1.29, 1.82) is 5.26 Å². The number of nitrogens with zero attached hydrogens (tertiary/aromatic N) is 1. The van der Waals surface area contributed by atoms with Gasteiger partial charge in [-0.15, -0.1) is 0 Å². The molecule has 0 saturated heterocycles. The van der Waals surface area contributed by atoms with Crippen LogP contribution in [0.5, 0.6) is 0 Å². The van der Waals surface area contributed by atoms with E-state index in [1.165, 1.54) is 12.1 Å². The summed E-state index contributed by atoms with van der Waals surface area (Å²) in [6.07, 6.45) is 0.694. The number of carbonyl (C=O) groups excluding carboxylic acids is 1. The van der Waals surface area contributed by atoms with Crippen LogP contribution in [0.2, 0.25) is 5.02 Å². The molecule has 0 saturated carbocycles. The largest absolute Gasteiger partial charge is 0.298 e. The lowest BCUT2D eigenvalue weighted by atomic mass is 10.0. The lowest BCUT2D eigenvalue weighted by Gasteiger charge is -2.06. The Morgan fingerprint density at radius 2 is 2.00 bits per heavy atom. The zero-order valence-corrected chi connectivity index (χ0v) is 9.91. The third-order valence-corrected chi connectivity index (χ3v) is 2.86. The van der Waals surface area contributed by atoms with E-state index in [1.54, 1.807) is 30.3 Å². The number of benzene rings is 2. The molecule has 0 heterocycles. The van der Waals surface area contributed by atoms with Crippen molar-refractivity contribution in [3.63, 3.8) is 0 Å². The maximum Gasteiger partial charge on any atom is 0.150 e. The van der Waals surface area contributed by atoms with Crippen molar-refractivity contribution in [2.45, 2.75) is 0 Å². The molecule has 0 amide bonds. The Labute approximate surface area is 108 Å². The van der Waals surface area contributed by atoms with Crippen LogP contribution in [0, 0.1) is 17.1 Å². The molecule has 0 fully saturated rings. The molecule has 18 heavy (non-hydrogen) atoms. The maximum atomic E-state index is 13.5. The Morgan fingerprint density at radius 1 is 1.22 bits per heavy atom. The summed E-state index contributed by atoms with van der Waals surface area (Å²) >= 11 is 6.01. The minimum absolute atomic E-state index is 0.0265. The number of hydrogen-bond donors (Lipinski definition) is 0. The third-order valence-electron chi connectivity index (χ3n) is 2.53. The Balaban J connectivity index is 2.58. The normalized spacial score (nSPS) is 9.83. The van der Waals surface area contributed by atoms with E-state index in [0.717, 1.165) is 0 Å². The van der Waals surface area contributed by atoms with Gasteiger partial charge in [-0.3, -0.25) is 4.79 Å². The first kappa shape index (κ1) is 12.3. The molecule has 88 valence electrons. The third kappa shape index (κ3) is 2.24. The van der Waals surface area contributed by atoms with Crippen LogP contribution in [0.4, 0.5) is 4.39 Å². The van der Waals surface area contributed by atoms with Gasteiger partial charge in [-0.1, -0.05) is 23.7 Å². The Hall–Kier alpha value is -2.18. The lowest BCUT2D eigenvalue weighted by Crippen LogP contribution is -1.88. The Kier molecular flexibility index (Phi) is 3.40.